The van der Waals surface area contributed by atoms with Crippen LogP contribution in [0, 0.1) is 5.82 Å². The third-order valence-corrected chi connectivity index (χ3v) is 5.26. The minimum atomic E-state index is -0.425. The standard InChI is InChI=1S/C19H22FN3O2/c20-17-5-1-2-6-18(17)22-19(24)21-13-10-14-7-8-15(11-13)23(14)12-16-4-3-9-25-16/h1-6,9,13-15H,7-8,10-12H2,(H2,21,22,24). The number of piperidine rings is 1. The van der Waals surface area contributed by atoms with Gasteiger partial charge in [-0.05, 0) is 49.9 Å². The van der Waals surface area contributed by atoms with Gasteiger partial charge in [-0.1, -0.05) is 12.1 Å². The average Bonchev–Trinajstić information content (AvgIpc) is 3.17. The Bertz CT molecular complexity index is 720. The lowest BCUT2D eigenvalue weighted by molar-refractivity contribution is 0.104. The predicted octanol–water partition coefficient (Wildman–Crippen LogP) is 3.74. The van der Waals surface area contributed by atoms with Crippen molar-refractivity contribution in [1.82, 2.24) is 10.2 Å². The zero-order valence-corrected chi connectivity index (χ0v) is 14.0. The Morgan fingerprint density at radius 3 is 2.60 bits per heavy atom. The van der Waals surface area contributed by atoms with Crippen molar-refractivity contribution in [3.8, 4) is 0 Å². The normalized spacial score (nSPS) is 25.7. The van der Waals surface area contributed by atoms with Crippen molar-refractivity contribution in [3.05, 3.63) is 54.2 Å². The first kappa shape index (κ1) is 16.1. The van der Waals surface area contributed by atoms with Crippen LogP contribution in [-0.4, -0.2) is 29.1 Å². The summed E-state index contributed by atoms with van der Waals surface area (Å²) in [5, 5.41) is 5.61. The number of hydrogen-bond donors (Lipinski definition) is 2. The minimum Gasteiger partial charge on any atom is -0.468 e. The van der Waals surface area contributed by atoms with Gasteiger partial charge < -0.3 is 15.1 Å². The fourth-order valence-corrected chi connectivity index (χ4v) is 4.14. The molecule has 0 spiro atoms. The summed E-state index contributed by atoms with van der Waals surface area (Å²) in [5.41, 5.74) is 0.207. The Balaban J connectivity index is 1.33. The summed E-state index contributed by atoms with van der Waals surface area (Å²) in [4.78, 5) is 14.7. The molecule has 2 saturated heterocycles. The van der Waals surface area contributed by atoms with E-state index in [4.69, 9.17) is 4.42 Å². The summed E-state index contributed by atoms with van der Waals surface area (Å²) in [5.74, 6) is 0.562. The summed E-state index contributed by atoms with van der Waals surface area (Å²) in [7, 11) is 0. The van der Waals surface area contributed by atoms with Gasteiger partial charge in [0.1, 0.15) is 11.6 Å². The Morgan fingerprint density at radius 2 is 1.92 bits per heavy atom. The van der Waals surface area contributed by atoms with Crippen LogP contribution in [-0.2, 0) is 6.54 Å². The second-order valence-electron chi connectivity index (χ2n) is 6.88. The molecule has 2 fully saturated rings. The zero-order valence-electron chi connectivity index (χ0n) is 14.0. The molecule has 2 aromatic rings. The third kappa shape index (κ3) is 3.54. The van der Waals surface area contributed by atoms with Crippen molar-refractivity contribution in [2.45, 2.75) is 50.4 Å². The Labute approximate surface area is 146 Å². The van der Waals surface area contributed by atoms with Crippen LogP contribution >= 0.6 is 0 Å². The lowest BCUT2D eigenvalue weighted by atomic mass is 9.97. The van der Waals surface area contributed by atoms with Crippen LogP contribution in [0.2, 0.25) is 0 Å². The van der Waals surface area contributed by atoms with E-state index in [9.17, 15) is 9.18 Å². The highest BCUT2D eigenvalue weighted by atomic mass is 19.1. The number of nitrogens with one attached hydrogen (secondary N) is 2. The molecule has 3 heterocycles. The van der Waals surface area contributed by atoms with Crippen LogP contribution in [0.15, 0.2) is 47.1 Å². The first-order chi connectivity index (χ1) is 12.2. The largest absolute Gasteiger partial charge is 0.468 e. The summed E-state index contributed by atoms with van der Waals surface area (Å²) in [6, 6.07) is 10.8. The minimum absolute atomic E-state index is 0.122. The number of halogens is 1. The number of anilines is 1. The third-order valence-electron chi connectivity index (χ3n) is 5.26. The van der Waals surface area contributed by atoms with Gasteiger partial charge in [-0.25, -0.2) is 9.18 Å². The Hall–Kier alpha value is -2.34. The summed E-state index contributed by atoms with van der Waals surface area (Å²) >= 11 is 0. The van der Waals surface area contributed by atoms with Gasteiger partial charge in [0, 0.05) is 18.1 Å². The number of carbonyl (C=O) groups is 1. The van der Waals surface area contributed by atoms with Crippen molar-refractivity contribution in [2.75, 3.05) is 5.32 Å². The number of para-hydroxylation sites is 1. The molecule has 2 atom stereocenters. The molecule has 0 radical (unpaired) electrons. The molecule has 0 saturated carbocycles. The molecular weight excluding hydrogens is 321 g/mol. The van der Waals surface area contributed by atoms with Gasteiger partial charge in [-0.15, -0.1) is 0 Å². The van der Waals surface area contributed by atoms with E-state index in [1.54, 1.807) is 24.5 Å². The maximum atomic E-state index is 13.6. The Kier molecular flexibility index (Phi) is 4.44. The topological polar surface area (TPSA) is 57.5 Å². The quantitative estimate of drug-likeness (QED) is 0.889. The molecule has 5 nitrogen and oxygen atoms in total. The van der Waals surface area contributed by atoms with Gasteiger partial charge in [0.15, 0.2) is 0 Å². The highest BCUT2D eigenvalue weighted by Crippen LogP contribution is 2.36. The van der Waals surface area contributed by atoms with E-state index in [-0.39, 0.29) is 17.8 Å². The smallest absolute Gasteiger partial charge is 0.319 e. The molecule has 132 valence electrons. The molecule has 2 aliphatic heterocycles. The SMILES string of the molecule is O=C(Nc1ccccc1F)NC1CC2CCC(C1)N2Cc1ccco1. The fourth-order valence-electron chi connectivity index (χ4n) is 4.14. The molecular formula is C19H22FN3O2. The van der Waals surface area contributed by atoms with Crippen molar-refractivity contribution in [3.63, 3.8) is 0 Å². The van der Waals surface area contributed by atoms with E-state index < -0.39 is 5.82 Å². The van der Waals surface area contributed by atoms with Gasteiger partial charge in [-0.3, -0.25) is 4.90 Å². The van der Waals surface area contributed by atoms with Crippen LogP contribution in [0.5, 0.6) is 0 Å². The maximum Gasteiger partial charge on any atom is 0.319 e. The van der Waals surface area contributed by atoms with E-state index in [1.165, 1.54) is 6.07 Å². The molecule has 1 aromatic heterocycles. The molecule has 4 rings (SSSR count). The second kappa shape index (κ2) is 6.88. The summed E-state index contributed by atoms with van der Waals surface area (Å²) < 4.78 is 19.1. The average molecular weight is 343 g/mol. The highest BCUT2D eigenvalue weighted by molar-refractivity contribution is 5.89. The number of nitrogens with zero attached hydrogens (tertiary/aromatic N) is 1. The first-order valence-electron chi connectivity index (χ1n) is 8.79. The van der Waals surface area contributed by atoms with Crippen LogP contribution in [0.25, 0.3) is 0 Å². The van der Waals surface area contributed by atoms with Gasteiger partial charge in [0.05, 0.1) is 18.5 Å². The lowest BCUT2D eigenvalue weighted by Crippen LogP contribution is -2.50. The molecule has 6 heteroatoms. The second-order valence-corrected chi connectivity index (χ2v) is 6.88. The van der Waals surface area contributed by atoms with Crippen molar-refractivity contribution in [1.29, 1.82) is 0 Å². The molecule has 0 aliphatic carbocycles. The highest BCUT2D eigenvalue weighted by Gasteiger charge is 2.41. The first-order valence-corrected chi connectivity index (χ1v) is 8.79. The van der Waals surface area contributed by atoms with E-state index in [0.29, 0.717) is 12.1 Å². The van der Waals surface area contributed by atoms with Crippen LogP contribution in [0.3, 0.4) is 0 Å². The van der Waals surface area contributed by atoms with E-state index in [0.717, 1.165) is 38.0 Å². The number of furan rings is 1. The number of benzene rings is 1. The van der Waals surface area contributed by atoms with Crippen LogP contribution in [0.1, 0.15) is 31.4 Å². The number of rotatable bonds is 4. The van der Waals surface area contributed by atoms with Gasteiger partial charge >= 0.3 is 6.03 Å². The molecule has 2 aliphatic rings. The number of hydrogen-bond acceptors (Lipinski definition) is 3. The summed E-state index contributed by atoms with van der Waals surface area (Å²) in [6.45, 7) is 0.830. The van der Waals surface area contributed by atoms with Crippen LogP contribution in [0.4, 0.5) is 14.9 Å². The van der Waals surface area contributed by atoms with E-state index >= 15 is 0 Å². The Morgan fingerprint density at radius 1 is 1.16 bits per heavy atom. The van der Waals surface area contributed by atoms with Crippen molar-refractivity contribution < 1.29 is 13.6 Å². The number of amides is 2. The monoisotopic (exact) mass is 343 g/mol. The zero-order chi connectivity index (χ0) is 17.2. The lowest BCUT2D eigenvalue weighted by Gasteiger charge is -2.38. The molecule has 25 heavy (non-hydrogen) atoms. The van der Waals surface area contributed by atoms with E-state index in [1.807, 2.05) is 12.1 Å². The van der Waals surface area contributed by atoms with Crippen molar-refractivity contribution in [2.24, 2.45) is 0 Å². The maximum absolute atomic E-state index is 13.6. The predicted molar refractivity (Wildman–Crippen MR) is 92.6 cm³/mol. The molecule has 2 unspecified atom stereocenters. The molecule has 2 bridgehead atoms. The van der Waals surface area contributed by atoms with Gasteiger partial charge in [0.2, 0.25) is 0 Å². The molecule has 1 aromatic carbocycles. The fraction of sp³-hybridized carbons (Fsp3) is 0.421. The number of carbonyl (C=O) groups excluding carboxylic acids is 1. The van der Waals surface area contributed by atoms with Crippen molar-refractivity contribution >= 4 is 11.7 Å². The number of urea groups is 1. The number of fused-ring (bicyclic) bond motifs is 2. The molecule has 2 amide bonds. The van der Waals surface area contributed by atoms with Gasteiger partial charge in [-0.2, -0.15) is 0 Å². The van der Waals surface area contributed by atoms with Crippen LogP contribution < -0.4 is 10.6 Å². The van der Waals surface area contributed by atoms with Gasteiger partial charge in [0.25, 0.3) is 0 Å². The summed E-state index contributed by atoms with van der Waals surface area (Å²) in [6.07, 6.45) is 5.85. The molecule has 2 N–H and O–H groups in total. The van der Waals surface area contributed by atoms with E-state index in [2.05, 4.69) is 15.5 Å².